The van der Waals surface area contributed by atoms with E-state index in [1.807, 2.05) is 29.2 Å². The zero-order chi connectivity index (χ0) is 18.8. The zero-order valence-corrected chi connectivity index (χ0v) is 15.2. The Kier molecular flexibility index (Phi) is 4.66. The van der Waals surface area contributed by atoms with Crippen molar-refractivity contribution in [2.24, 2.45) is 0 Å². The normalized spacial score (nSPS) is 17.2. The number of aromatic amines is 1. The fourth-order valence-electron chi connectivity index (χ4n) is 3.79. The maximum absolute atomic E-state index is 12.8. The number of hydrogen-bond acceptors (Lipinski definition) is 4. The average Bonchev–Trinajstić information content (AvgIpc) is 3.04. The van der Waals surface area contributed by atoms with Gasteiger partial charge >= 0.3 is 5.69 Å². The fourth-order valence-corrected chi connectivity index (χ4v) is 3.79. The third-order valence-electron chi connectivity index (χ3n) is 5.12. The van der Waals surface area contributed by atoms with E-state index in [2.05, 4.69) is 9.97 Å². The quantitative estimate of drug-likeness (QED) is 0.767. The molecule has 0 bridgehead atoms. The number of ether oxygens (including phenoxy) is 1. The number of imidazole rings is 1. The summed E-state index contributed by atoms with van der Waals surface area (Å²) in [5, 5.41) is 0. The number of amides is 1. The summed E-state index contributed by atoms with van der Waals surface area (Å²) in [4.78, 5) is 34.1. The molecule has 1 aliphatic heterocycles. The number of carbonyl (C=O) groups is 1. The highest BCUT2D eigenvalue weighted by atomic mass is 16.5. The molecule has 1 saturated heterocycles. The van der Waals surface area contributed by atoms with Crippen molar-refractivity contribution >= 4 is 16.9 Å². The Hall–Kier alpha value is -3.09. The lowest BCUT2D eigenvalue weighted by Crippen LogP contribution is -2.43. The number of aromatic nitrogens is 3. The van der Waals surface area contributed by atoms with Gasteiger partial charge in [-0.2, -0.15) is 0 Å². The molecule has 0 radical (unpaired) electrons. The number of likely N-dealkylation sites (tertiary alicyclic amines) is 1. The Morgan fingerprint density at radius 1 is 1.37 bits per heavy atom. The Morgan fingerprint density at radius 2 is 2.26 bits per heavy atom. The number of rotatable bonds is 4. The van der Waals surface area contributed by atoms with E-state index in [1.165, 1.54) is 0 Å². The zero-order valence-electron chi connectivity index (χ0n) is 15.2. The van der Waals surface area contributed by atoms with E-state index in [1.54, 1.807) is 30.1 Å². The minimum Gasteiger partial charge on any atom is -0.497 e. The molecule has 7 heteroatoms. The van der Waals surface area contributed by atoms with Crippen molar-refractivity contribution in [3.05, 3.63) is 58.8 Å². The molecule has 2 aromatic heterocycles. The maximum atomic E-state index is 12.8. The van der Waals surface area contributed by atoms with Crippen LogP contribution in [0, 0.1) is 0 Å². The summed E-state index contributed by atoms with van der Waals surface area (Å²) in [6, 6.07) is 9.31. The van der Waals surface area contributed by atoms with Crippen molar-refractivity contribution in [1.29, 1.82) is 0 Å². The monoisotopic (exact) mass is 366 g/mol. The number of pyridine rings is 1. The number of methoxy groups -OCH3 is 1. The summed E-state index contributed by atoms with van der Waals surface area (Å²) >= 11 is 0. The Labute approximate surface area is 156 Å². The number of piperidine rings is 1. The van der Waals surface area contributed by atoms with E-state index >= 15 is 0 Å². The van der Waals surface area contributed by atoms with E-state index < -0.39 is 0 Å². The van der Waals surface area contributed by atoms with Crippen molar-refractivity contribution in [2.75, 3.05) is 20.2 Å². The number of carbonyl (C=O) groups excluding carboxylic acids is 1. The highest BCUT2D eigenvalue weighted by molar-refractivity contribution is 5.79. The Balaban J connectivity index is 1.53. The van der Waals surface area contributed by atoms with Gasteiger partial charge in [-0.05, 0) is 36.6 Å². The molecule has 1 amide bonds. The van der Waals surface area contributed by atoms with Crippen LogP contribution in [-0.4, -0.2) is 45.5 Å². The molecule has 1 N–H and O–H groups in total. The van der Waals surface area contributed by atoms with Gasteiger partial charge in [-0.15, -0.1) is 0 Å². The Bertz CT molecular complexity index is 1020. The van der Waals surface area contributed by atoms with Gasteiger partial charge in [-0.1, -0.05) is 12.1 Å². The third-order valence-corrected chi connectivity index (χ3v) is 5.12. The fraction of sp³-hybridized carbons (Fsp3) is 0.350. The molecule has 1 fully saturated rings. The summed E-state index contributed by atoms with van der Waals surface area (Å²) in [7, 11) is 1.62. The summed E-state index contributed by atoms with van der Waals surface area (Å²) in [6.45, 7) is 1.25. The molecule has 0 spiro atoms. The van der Waals surface area contributed by atoms with Crippen molar-refractivity contribution in [2.45, 2.75) is 25.3 Å². The molecular weight excluding hydrogens is 344 g/mol. The van der Waals surface area contributed by atoms with Crippen molar-refractivity contribution in [1.82, 2.24) is 19.4 Å². The molecule has 1 aliphatic rings. The molecule has 3 heterocycles. The second kappa shape index (κ2) is 7.26. The number of nitrogens with zero attached hydrogens (tertiary/aromatic N) is 3. The second-order valence-electron chi connectivity index (χ2n) is 6.86. The highest BCUT2D eigenvalue weighted by Gasteiger charge is 2.27. The van der Waals surface area contributed by atoms with Gasteiger partial charge in [0.1, 0.15) is 5.75 Å². The van der Waals surface area contributed by atoms with Crippen LogP contribution in [0.15, 0.2) is 47.5 Å². The van der Waals surface area contributed by atoms with Crippen LogP contribution in [-0.2, 0) is 11.2 Å². The summed E-state index contributed by atoms with van der Waals surface area (Å²) < 4.78 is 6.97. The molecule has 0 unspecified atom stereocenters. The number of benzene rings is 1. The van der Waals surface area contributed by atoms with E-state index in [4.69, 9.17) is 4.74 Å². The van der Waals surface area contributed by atoms with Gasteiger partial charge in [-0.25, -0.2) is 4.79 Å². The topological polar surface area (TPSA) is 80.2 Å². The Morgan fingerprint density at radius 3 is 3.11 bits per heavy atom. The van der Waals surface area contributed by atoms with Crippen LogP contribution in [0.25, 0.3) is 11.0 Å². The third kappa shape index (κ3) is 3.45. The lowest BCUT2D eigenvalue weighted by molar-refractivity contribution is -0.132. The van der Waals surface area contributed by atoms with Gasteiger partial charge in [0, 0.05) is 19.3 Å². The predicted molar refractivity (Wildman–Crippen MR) is 102 cm³/mol. The van der Waals surface area contributed by atoms with Crippen LogP contribution >= 0.6 is 0 Å². The smallest absolute Gasteiger partial charge is 0.326 e. The van der Waals surface area contributed by atoms with Crippen molar-refractivity contribution < 1.29 is 9.53 Å². The van der Waals surface area contributed by atoms with Crippen LogP contribution in [0.2, 0.25) is 0 Å². The van der Waals surface area contributed by atoms with E-state index in [0.717, 1.165) is 35.2 Å². The van der Waals surface area contributed by atoms with Crippen LogP contribution < -0.4 is 10.4 Å². The molecule has 7 nitrogen and oxygen atoms in total. The van der Waals surface area contributed by atoms with Gasteiger partial charge < -0.3 is 14.6 Å². The predicted octanol–water partition coefficient (Wildman–Crippen LogP) is 2.14. The van der Waals surface area contributed by atoms with E-state index in [9.17, 15) is 9.59 Å². The summed E-state index contributed by atoms with van der Waals surface area (Å²) in [6.07, 6.45) is 5.42. The first-order valence-corrected chi connectivity index (χ1v) is 9.10. The van der Waals surface area contributed by atoms with Crippen molar-refractivity contribution in [3.8, 4) is 5.75 Å². The van der Waals surface area contributed by atoms with Gasteiger partial charge in [-0.3, -0.25) is 14.3 Å². The number of hydrogen-bond donors (Lipinski definition) is 1. The first kappa shape index (κ1) is 17.3. The van der Waals surface area contributed by atoms with Crippen LogP contribution in [0.1, 0.15) is 24.4 Å². The van der Waals surface area contributed by atoms with Crippen LogP contribution in [0.5, 0.6) is 5.75 Å². The van der Waals surface area contributed by atoms with Gasteiger partial charge in [0.15, 0.2) is 0 Å². The van der Waals surface area contributed by atoms with Crippen molar-refractivity contribution in [3.63, 3.8) is 0 Å². The molecule has 4 rings (SSSR count). The van der Waals surface area contributed by atoms with Gasteiger partial charge in [0.2, 0.25) is 5.91 Å². The second-order valence-corrected chi connectivity index (χ2v) is 6.86. The minimum atomic E-state index is -0.148. The van der Waals surface area contributed by atoms with Crippen LogP contribution in [0.3, 0.4) is 0 Å². The number of H-pyrrole nitrogens is 1. The molecule has 1 aromatic carbocycles. The lowest BCUT2D eigenvalue weighted by Gasteiger charge is -2.33. The van der Waals surface area contributed by atoms with E-state index in [0.29, 0.717) is 19.5 Å². The molecule has 27 heavy (non-hydrogen) atoms. The first-order valence-electron chi connectivity index (χ1n) is 9.10. The molecular formula is C20H22N4O3. The first-order chi connectivity index (χ1) is 13.2. The summed E-state index contributed by atoms with van der Waals surface area (Å²) in [5.41, 5.74) is 2.34. The number of fused-ring (bicyclic) bond motifs is 1. The molecule has 0 saturated carbocycles. The molecule has 0 aliphatic carbocycles. The number of nitrogens with one attached hydrogen (secondary N) is 1. The lowest BCUT2D eigenvalue weighted by atomic mass is 10.0. The average molecular weight is 366 g/mol. The molecule has 3 aromatic rings. The SMILES string of the molecule is COc1cccc(CC(=O)N2CCC[C@H](n3c(=O)[nH]c4ccncc43)C2)c1. The van der Waals surface area contributed by atoms with Crippen LogP contribution in [0.4, 0.5) is 0 Å². The highest BCUT2D eigenvalue weighted by Crippen LogP contribution is 2.24. The van der Waals surface area contributed by atoms with Gasteiger partial charge in [0.05, 0.1) is 36.8 Å². The largest absolute Gasteiger partial charge is 0.497 e. The molecule has 1 atom stereocenters. The minimum absolute atomic E-state index is 0.0431. The molecule has 140 valence electrons. The van der Waals surface area contributed by atoms with E-state index in [-0.39, 0.29) is 17.6 Å². The summed E-state index contributed by atoms with van der Waals surface area (Å²) in [5.74, 6) is 0.814. The maximum Gasteiger partial charge on any atom is 0.326 e. The van der Waals surface area contributed by atoms with Gasteiger partial charge in [0.25, 0.3) is 0 Å². The standard InChI is InChI=1S/C20H22N4O3/c1-27-16-6-2-4-14(10-16)11-19(25)23-9-3-5-15(13-23)24-18-12-21-8-7-17(18)22-20(24)26/h2,4,6-8,10,12,15H,3,5,9,11,13H2,1H3,(H,22,26)/t15-/m0/s1.